The molecule has 4 heteroatoms. The van der Waals surface area contributed by atoms with Crippen molar-refractivity contribution in [1.82, 2.24) is 9.97 Å². The number of pyridine rings is 2. The molecule has 2 heterocycles. The summed E-state index contributed by atoms with van der Waals surface area (Å²) in [6.45, 7) is 4.70. The van der Waals surface area contributed by atoms with Crippen LogP contribution < -0.4 is 10.1 Å². The Kier molecular flexibility index (Phi) is 5.98. The summed E-state index contributed by atoms with van der Waals surface area (Å²) in [6.07, 6.45) is 9.81. The standard InChI is InChI=1S/C25H31N3O/c1-17(2)19-9-11-21(12-10-19)28-25-23-7-5-4-6-22(23)20(16-27-25)14-18-8-13-24(29-3)26-15-18/h4-8,13,15-17,19,21H,9-12,14H2,1-3H3,(H,27,28)/t19-,21-. The maximum absolute atomic E-state index is 5.17. The van der Waals surface area contributed by atoms with Gasteiger partial charge in [-0.1, -0.05) is 44.2 Å². The van der Waals surface area contributed by atoms with Gasteiger partial charge in [0, 0.05) is 36.3 Å². The van der Waals surface area contributed by atoms with Crippen LogP contribution in [-0.2, 0) is 6.42 Å². The van der Waals surface area contributed by atoms with Crippen molar-refractivity contribution in [3.8, 4) is 5.88 Å². The molecule has 152 valence electrons. The summed E-state index contributed by atoms with van der Waals surface area (Å²) in [6, 6.07) is 13.1. The smallest absolute Gasteiger partial charge is 0.212 e. The number of anilines is 1. The second-order valence-electron chi connectivity index (χ2n) is 8.56. The summed E-state index contributed by atoms with van der Waals surface area (Å²) >= 11 is 0. The Balaban J connectivity index is 1.54. The Morgan fingerprint density at radius 2 is 1.72 bits per heavy atom. The van der Waals surface area contributed by atoms with Crippen molar-refractivity contribution < 1.29 is 4.74 Å². The highest BCUT2D eigenvalue weighted by Crippen LogP contribution is 2.33. The minimum Gasteiger partial charge on any atom is -0.481 e. The molecule has 0 spiro atoms. The third kappa shape index (κ3) is 4.52. The highest BCUT2D eigenvalue weighted by atomic mass is 16.5. The molecule has 0 amide bonds. The monoisotopic (exact) mass is 389 g/mol. The molecule has 0 radical (unpaired) electrons. The number of hydrogen-bond donors (Lipinski definition) is 1. The van der Waals surface area contributed by atoms with E-state index < -0.39 is 0 Å². The van der Waals surface area contributed by atoms with E-state index >= 15 is 0 Å². The minimum absolute atomic E-state index is 0.526. The zero-order valence-corrected chi connectivity index (χ0v) is 17.7. The van der Waals surface area contributed by atoms with Gasteiger partial charge in [-0.05, 0) is 54.0 Å². The molecular weight excluding hydrogens is 358 g/mol. The summed E-state index contributed by atoms with van der Waals surface area (Å²) in [5, 5.41) is 6.22. The van der Waals surface area contributed by atoms with Gasteiger partial charge in [0.25, 0.3) is 0 Å². The van der Waals surface area contributed by atoms with Crippen molar-refractivity contribution in [3.05, 3.63) is 59.9 Å². The van der Waals surface area contributed by atoms with Gasteiger partial charge in [0.2, 0.25) is 5.88 Å². The molecule has 0 saturated heterocycles. The fraction of sp³-hybridized carbons (Fsp3) is 0.440. The lowest BCUT2D eigenvalue weighted by Gasteiger charge is -2.31. The largest absolute Gasteiger partial charge is 0.481 e. The molecule has 29 heavy (non-hydrogen) atoms. The van der Waals surface area contributed by atoms with Crippen LogP contribution in [-0.4, -0.2) is 23.1 Å². The van der Waals surface area contributed by atoms with Crippen molar-refractivity contribution in [2.45, 2.75) is 52.0 Å². The van der Waals surface area contributed by atoms with E-state index in [2.05, 4.69) is 54.5 Å². The molecule has 1 fully saturated rings. The number of methoxy groups -OCH3 is 1. The van der Waals surface area contributed by atoms with Gasteiger partial charge in [-0.15, -0.1) is 0 Å². The van der Waals surface area contributed by atoms with Crippen LogP contribution in [0.15, 0.2) is 48.8 Å². The van der Waals surface area contributed by atoms with Crippen molar-refractivity contribution in [3.63, 3.8) is 0 Å². The van der Waals surface area contributed by atoms with Crippen LogP contribution in [0.4, 0.5) is 5.82 Å². The molecule has 1 aromatic carbocycles. The number of aromatic nitrogens is 2. The molecule has 1 N–H and O–H groups in total. The van der Waals surface area contributed by atoms with Gasteiger partial charge in [0.05, 0.1) is 7.11 Å². The van der Waals surface area contributed by atoms with Crippen LogP contribution >= 0.6 is 0 Å². The quantitative estimate of drug-likeness (QED) is 0.574. The first kappa shape index (κ1) is 19.7. The van der Waals surface area contributed by atoms with E-state index in [1.165, 1.54) is 42.0 Å². The Hall–Kier alpha value is -2.62. The van der Waals surface area contributed by atoms with Crippen LogP contribution in [0.5, 0.6) is 5.88 Å². The summed E-state index contributed by atoms with van der Waals surface area (Å²) in [5.41, 5.74) is 2.38. The van der Waals surface area contributed by atoms with E-state index in [4.69, 9.17) is 9.72 Å². The number of benzene rings is 1. The normalized spacial score (nSPS) is 19.4. The van der Waals surface area contributed by atoms with Gasteiger partial charge in [-0.25, -0.2) is 9.97 Å². The van der Waals surface area contributed by atoms with Crippen LogP contribution in [0.1, 0.15) is 50.7 Å². The van der Waals surface area contributed by atoms with E-state index in [9.17, 15) is 0 Å². The minimum atomic E-state index is 0.526. The zero-order chi connectivity index (χ0) is 20.2. The number of nitrogens with one attached hydrogen (secondary N) is 1. The highest BCUT2D eigenvalue weighted by molar-refractivity contribution is 5.94. The molecule has 4 rings (SSSR count). The van der Waals surface area contributed by atoms with Crippen molar-refractivity contribution >= 4 is 16.6 Å². The lowest BCUT2D eigenvalue weighted by atomic mass is 9.79. The first-order chi connectivity index (χ1) is 14.1. The lowest BCUT2D eigenvalue weighted by molar-refractivity contribution is 0.267. The molecule has 1 aliphatic carbocycles. The van der Waals surface area contributed by atoms with Gasteiger partial charge >= 0.3 is 0 Å². The number of nitrogens with zero attached hydrogens (tertiary/aromatic N) is 2. The first-order valence-corrected chi connectivity index (χ1v) is 10.8. The van der Waals surface area contributed by atoms with E-state index in [-0.39, 0.29) is 0 Å². The van der Waals surface area contributed by atoms with Crippen LogP contribution in [0.2, 0.25) is 0 Å². The van der Waals surface area contributed by atoms with Crippen LogP contribution in [0.3, 0.4) is 0 Å². The molecule has 0 aliphatic heterocycles. The van der Waals surface area contributed by atoms with Crippen molar-refractivity contribution in [1.29, 1.82) is 0 Å². The van der Waals surface area contributed by atoms with Gasteiger partial charge in [-0.3, -0.25) is 0 Å². The molecule has 4 nitrogen and oxygen atoms in total. The lowest BCUT2D eigenvalue weighted by Crippen LogP contribution is -2.28. The molecule has 1 aliphatic rings. The molecule has 0 atom stereocenters. The third-order valence-corrected chi connectivity index (χ3v) is 6.33. The summed E-state index contributed by atoms with van der Waals surface area (Å²) in [7, 11) is 1.64. The fourth-order valence-electron chi connectivity index (χ4n) is 4.49. The van der Waals surface area contributed by atoms with E-state index in [1.807, 2.05) is 18.5 Å². The topological polar surface area (TPSA) is 47.0 Å². The van der Waals surface area contributed by atoms with E-state index in [1.54, 1.807) is 7.11 Å². The Labute approximate surface area is 173 Å². The number of rotatable bonds is 6. The van der Waals surface area contributed by atoms with Gasteiger partial charge in [0.1, 0.15) is 5.82 Å². The number of fused-ring (bicyclic) bond motifs is 1. The molecule has 2 aromatic heterocycles. The predicted molar refractivity (Wildman–Crippen MR) is 120 cm³/mol. The summed E-state index contributed by atoms with van der Waals surface area (Å²) < 4.78 is 5.17. The Bertz CT molecular complexity index is 944. The van der Waals surface area contributed by atoms with Gasteiger partial charge in [-0.2, -0.15) is 0 Å². The maximum Gasteiger partial charge on any atom is 0.212 e. The maximum atomic E-state index is 5.17. The van der Waals surface area contributed by atoms with Crippen molar-refractivity contribution in [2.75, 3.05) is 12.4 Å². The predicted octanol–water partition coefficient (Wildman–Crippen LogP) is 5.86. The van der Waals surface area contributed by atoms with E-state index in [0.717, 1.165) is 29.6 Å². The average Bonchev–Trinajstić information content (AvgIpc) is 2.76. The first-order valence-electron chi connectivity index (χ1n) is 10.8. The average molecular weight is 390 g/mol. The van der Waals surface area contributed by atoms with Crippen LogP contribution in [0, 0.1) is 11.8 Å². The molecule has 0 bridgehead atoms. The van der Waals surface area contributed by atoms with E-state index in [0.29, 0.717) is 11.9 Å². The Morgan fingerprint density at radius 1 is 0.966 bits per heavy atom. The molecular formula is C25H31N3O. The Morgan fingerprint density at radius 3 is 2.38 bits per heavy atom. The molecule has 3 aromatic rings. The second-order valence-corrected chi connectivity index (χ2v) is 8.56. The van der Waals surface area contributed by atoms with Gasteiger partial charge in [0.15, 0.2) is 0 Å². The SMILES string of the molecule is COc1ccc(Cc2cnc(N[C@H]3CC[C@H](C(C)C)CC3)c3ccccc23)cn1. The second kappa shape index (κ2) is 8.81. The molecule has 0 unspecified atom stereocenters. The highest BCUT2D eigenvalue weighted by Gasteiger charge is 2.23. The van der Waals surface area contributed by atoms with Gasteiger partial charge < -0.3 is 10.1 Å². The summed E-state index contributed by atoms with van der Waals surface area (Å²) in [5.74, 6) is 3.33. The van der Waals surface area contributed by atoms with Crippen LogP contribution in [0.25, 0.3) is 10.8 Å². The number of ether oxygens (including phenoxy) is 1. The molecule has 1 saturated carbocycles. The number of hydrogen-bond acceptors (Lipinski definition) is 4. The third-order valence-electron chi connectivity index (χ3n) is 6.33. The summed E-state index contributed by atoms with van der Waals surface area (Å²) in [4.78, 5) is 9.16. The zero-order valence-electron chi connectivity index (χ0n) is 17.7. The van der Waals surface area contributed by atoms with Crippen molar-refractivity contribution in [2.24, 2.45) is 11.8 Å². The fourth-order valence-corrected chi connectivity index (χ4v) is 4.49.